The van der Waals surface area contributed by atoms with Crippen LogP contribution in [0.2, 0.25) is 0 Å². The van der Waals surface area contributed by atoms with Crippen molar-refractivity contribution >= 4 is 142 Å². The summed E-state index contributed by atoms with van der Waals surface area (Å²) in [6.07, 6.45) is 11.0. The van der Waals surface area contributed by atoms with Crippen LogP contribution in [0.4, 0.5) is 20.1 Å². The van der Waals surface area contributed by atoms with E-state index in [1.165, 1.54) is 26.5 Å². The number of ether oxygens (including phenoxy) is 1. The highest BCUT2D eigenvalue weighted by Gasteiger charge is 2.39. The van der Waals surface area contributed by atoms with Gasteiger partial charge in [-0.1, -0.05) is 86.8 Å². The van der Waals surface area contributed by atoms with Crippen LogP contribution < -0.4 is 70.4 Å². The van der Waals surface area contributed by atoms with E-state index < -0.39 is 104 Å². The Morgan fingerprint density at radius 1 is 0.509 bits per heavy atom. The van der Waals surface area contributed by atoms with Crippen LogP contribution in [0, 0.1) is 29.6 Å². The van der Waals surface area contributed by atoms with Crippen molar-refractivity contribution in [2.45, 2.75) is 252 Å². The van der Waals surface area contributed by atoms with Gasteiger partial charge < -0.3 is 74.6 Å². The minimum Gasteiger partial charge on any atom is -0.463 e. The van der Waals surface area contributed by atoms with Crippen molar-refractivity contribution in [3.05, 3.63) is 29.8 Å². The summed E-state index contributed by atoms with van der Waals surface area (Å²) in [6.45, 7) is 15.3. The van der Waals surface area contributed by atoms with Gasteiger partial charge in [-0.05, 0) is 139 Å². The summed E-state index contributed by atoms with van der Waals surface area (Å²) in [4.78, 5) is 229. The Morgan fingerprint density at radius 3 is 1.25 bits per heavy atom. The van der Waals surface area contributed by atoms with Crippen molar-refractivity contribution < 1.29 is 101 Å². The minimum atomic E-state index is -1.16. The zero-order valence-corrected chi connectivity index (χ0v) is 70.3. The first-order valence-electron chi connectivity index (χ1n) is 41.6. The molecule has 3 fully saturated rings. The largest absolute Gasteiger partial charge is 0.463 e. The number of carbonyl (C=O) groups excluding carboxylic acids is 19. The van der Waals surface area contributed by atoms with Crippen molar-refractivity contribution in [3.8, 4) is 0 Å². The lowest BCUT2D eigenvalue weighted by atomic mass is 10.0. The van der Waals surface area contributed by atoms with Gasteiger partial charge in [0.2, 0.25) is 70.9 Å². The Balaban J connectivity index is 0.000000850. The fourth-order valence-electron chi connectivity index (χ4n) is 12.0. The number of Topliss-reactive ketones (excluding diaryl/α,β-unsaturated/α-hetero) is 2. The van der Waals surface area contributed by atoms with Crippen molar-refractivity contribution in [3.63, 3.8) is 0 Å². The highest BCUT2D eigenvalue weighted by molar-refractivity contribution is 8.00. The third-order valence-electron chi connectivity index (χ3n) is 18.6. The molecule has 0 bridgehead atoms. The number of primary amides is 3. The predicted octanol–water partition coefficient (Wildman–Crippen LogP) is 3.61. The lowest BCUT2D eigenvalue weighted by Gasteiger charge is -2.25. The molecule has 4 rings (SSSR count). The predicted molar refractivity (Wildman–Crippen MR) is 438 cm³/mol. The molecular formula is C78H128N16O20S2. The number of likely N-dealkylation sites (tertiary alicyclic amines) is 3. The molecule has 652 valence electrons. The van der Waals surface area contributed by atoms with Crippen LogP contribution in [0.15, 0.2) is 24.3 Å². The van der Waals surface area contributed by atoms with Crippen LogP contribution in [-0.2, 0) is 88.1 Å². The van der Waals surface area contributed by atoms with Crippen LogP contribution in [0.1, 0.15) is 215 Å². The van der Waals surface area contributed by atoms with Gasteiger partial charge in [0.25, 0.3) is 6.45 Å². The zero-order valence-electron chi connectivity index (χ0n) is 72.7. The second kappa shape index (κ2) is 58.3. The van der Waals surface area contributed by atoms with Crippen molar-refractivity contribution in [1.82, 2.24) is 62.6 Å². The van der Waals surface area contributed by atoms with Gasteiger partial charge in [0, 0.05) is 104 Å². The van der Waals surface area contributed by atoms with Crippen molar-refractivity contribution in [1.29, 1.82) is 0 Å². The van der Waals surface area contributed by atoms with Gasteiger partial charge >= 0.3 is 18.1 Å². The molecule has 116 heavy (non-hydrogen) atoms. The molecule has 0 aliphatic carbocycles. The standard InChI is InChI=1S/C30H44N6O8.C23H39N5O6.C14H28N4O3S.C11H17NO3S/c1-19(2)26(35-24(38)9-5-4-6-15-36-25(39)16-20(3)29(36)42)28(41)34-23(8-7-14-32-30(31)43)27(40)33-22-12-10-21(11-13-22)17-44-18-37;1-14(2)20(21(32)26-17(16(4)29)9-8-11-25-23(24)34)27-18(30)10-6-5-7-12-28-19(31)13-15(3)22(28)33;1-9(2)12(17-8-22-4)13(20)18-11(10(3)19)6-5-7-16-14(15)21;1-16-9-8-10(14)12(11(9)15)6-4-2-3-5-7-13/h10-13,18-20,23,26H,4-9,14-17H2,1-3H3,(H,33,40)(H,34,41)(H,35,38)(H3,31,32,43);14-15,17,20H,5-13H2,1-4H3,(H,26,32)(H,27,30)(H3,24,25,34);9,11-12,17H,5-8H2,1-4H3,(H,18,20)(H3,15,16,21);7,9H,2-6,8H2,1H3/t20?,23-,26-;15?,17-,20-;11-,12-;/m000./s1/i18D;4D;3D;7D. The number of nitrogens with two attached hydrogens (primary N) is 3. The molecule has 3 unspecified atom stereocenters. The van der Waals surface area contributed by atoms with Gasteiger partial charge in [-0.2, -0.15) is 11.8 Å². The van der Waals surface area contributed by atoms with E-state index in [1.807, 2.05) is 26.4 Å². The fraction of sp³-hybridized carbons (Fsp3) is 0.679. The number of urea groups is 3. The molecular weight excluding hydrogens is 1550 g/mol. The first-order chi connectivity index (χ1) is 56.6. The molecule has 16 N–H and O–H groups in total. The summed E-state index contributed by atoms with van der Waals surface area (Å²) >= 11 is 2.99. The number of aldehydes is 1. The lowest BCUT2D eigenvalue weighted by Crippen LogP contribution is -2.54. The fourth-order valence-corrected chi connectivity index (χ4v) is 13.0. The molecule has 9 atom stereocenters. The summed E-state index contributed by atoms with van der Waals surface area (Å²) < 4.78 is 32.7. The van der Waals surface area contributed by atoms with E-state index in [-0.39, 0.29) is 158 Å². The number of hydrogen-bond acceptors (Lipinski definition) is 23. The van der Waals surface area contributed by atoms with Crippen LogP contribution in [0.5, 0.6) is 0 Å². The van der Waals surface area contributed by atoms with E-state index in [9.17, 15) is 91.1 Å². The van der Waals surface area contributed by atoms with E-state index in [1.54, 1.807) is 77.6 Å². The lowest BCUT2D eigenvalue weighted by molar-refractivity contribution is -0.140. The van der Waals surface area contributed by atoms with E-state index >= 15 is 0 Å². The summed E-state index contributed by atoms with van der Waals surface area (Å²) in [5.74, 6) is -4.48. The Kier molecular flexibility index (Phi) is 48.7. The average Bonchev–Trinajstić information content (AvgIpc) is 1.66. The summed E-state index contributed by atoms with van der Waals surface area (Å²) in [7, 11) is 0. The normalized spacial score (nSPS) is 17.0. The minimum absolute atomic E-state index is 0.0745. The Labute approximate surface area is 695 Å². The van der Waals surface area contributed by atoms with Gasteiger partial charge in [-0.3, -0.25) is 91.9 Å². The van der Waals surface area contributed by atoms with Gasteiger partial charge in [0.05, 0.1) is 23.4 Å². The third-order valence-corrected chi connectivity index (χ3v) is 19.9. The average molecular weight is 1680 g/mol. The smallest absolute Gasteiger partial charge is 0.312 e. The number of ketones is 2. The van der Waals surface area contributed by atoms with Crippen molar-refractivity contribution in [2.24, 2.45) is 46.8 Å². The molecule has 3 saturated heterocycles. The number of carbonyl (C=O) groups is 19. The maximum atomic E-state index is 13.3. The second-order valence-corrected chi connectivity index (χ2v) is 31.2. The summed E-state index contributed by atoms with van der Waals surface area (Å²) in [6, 6.07) is -0.436. The molecule has 0 saturated carbocycles. The Hall–Kier alpha value is -9.59. The number of anilines is 1. The van der Waals surface area contributed by atoms with Gasteiger partial charge in [0.15, 0.2) is 12.9 Å². The zero-order chi connectivity index (χ0) is 90.7. The van der Waals surface area contributed by atoms with Crippen LogP contribution in [-0.4, -0.2) is 227 Å². The van der Waals surface area contributed by atoms with E-state index in [2.05, 4.69) is 57.9 Å². The molecule has 1 aromatic carbocycles. The number of thioether (sulfide) groups is 2. The number of nitrogens with one attached hydrogen (secondary N) is 10. The topological polar surface area (TPSA) is 542 Å². The first-order valence-corrected chi connectivity index (χ1v) is 41.9. The number of rotatable bonds is 51. The highest BCUT2D eigenvalue weighted by Crippen LogP contribution is 2.25. The highest BCUT2D eigenvalue weighted by atomic mass is 32.2. The first kappa shape index (κ1) is 97.0. The number of nitrogens with zero attached hydrogens (tertiary/aromatic N) is 3. The second-order valence-electron chi connectivity index (χ2n) is 29.3. The SMILES string of the molecule is [2H]C(=O)CCCCCN1C(=O)CC(SC)C1=O.[2H]C(=O)OCc1ccc(NC(=O)[C@H](CCCNC(N)=O)NC(=O)[C@@H](NC(=O)CCCCCN2C(=O)CC(C)C2=O)C(C)C)cc1.[2H]CC(=O)[C@H](CCCNC(N)=O)NC(=O)[C@@H](NC(=O)CCCCCN1C(=O)CC(C)C1=O)C(C)C.[2H]CC(=O)[C@H](CCCNC(N)=O)NC(=O)[C@@H](NCSC)C(C)C. The molecule has 0 radical (unpaired) electrons. The maximum Gasteiger partial charge on any atom is 0.312 e. The number of unbranched alkanes of at least 4 members (excludes halogenated alkanes) is 6. The monoisotopic (exact) mass is 1680 g/mol. The van der Waals surface area contributed by atoms with E-state index in [0.717, 1.165) is 6.42 Å². The maximum absolute atomic E-state index is 13.3. The van der Waals surface area contributed by atoms with E-state index in [4.69, 9.17) is 22.7 Å². The number of benzene rings is 1. The van der Waals surface area contributed by atoms with Crippen LogP contribution >= 0.6 is 23.5 Å². The molecule has 18 amide bonds. The summed E-state index contributed by atoms with van der Waals surface area (Å²) in [5, 5.41) is 26.4. The number of hydrogen-bond donors (Lipinski definition) is 13. The van der Waals surface area contributed by atoms with Gasteiger partial charge in [-0.15, -0.1) is 11.8 Å². The molecule has 1 aromatic rings. The third kappa shape index (κ3) is 42.3. The molecule has 0 spiro atoms. The van der Waals surface area contributed by atoms with Gasteiger partial charge in [-0.25, -0.2) is 14.4 Å². The van der Waals surface area contributed by atoms with Crippen LogP contribution in [0.25, 0.3) is 0 Å². The molecule has 3 aliphatic rings. The van der Waals surface area contributed by atoms with Crippen LogP contribution in [0.3, 0.4) is 0 Å². The number of amides is 18. The summed E-state index contributed by atoms with van der Waals surface area (Å²) in [5.41, 5.74) is 16.1. The van der Waals surface area contributed by atoms with Gasteiger partial charge in [0.1, 0.15) is 32.4 Å². The molecule has 3 heterocycles. The molecule has 36 nitrogen and oxygen atoms in total. The number of imide groups is 3. The molecule has 0 aromatic heterocycles. The molecule has 38 heteroatoms. The molecule has 3 aliphatic heterocycles. The van der Waals surface area contributed by atoms with E-state index in [0.29, 0.717) is 127 Å². The Morgan fingerprint density at radius 2 is 0.897 bits per heavy atom. The quantitative estimate of drug-likeness (QED) is 0.0192. The Bertz CT molecular complexity index is 3570. The van der Waals surface area contributed by atoms with Crippen molar-refractivity contribution in [2.75, 3.05) is 63.0 Å².